The highest BCUT2D eigenvalue weighted by atomic mass is 16.2. The predicted molar refractivity (Wildman–Crippen MR) is 88.1 cm³/mol. The first-order chi connectivity index (χ1) is 11.8. The SMILES string of the molecule is CCn1nccc1C(=O)N1CCn2c(nnc2-c2ccccc2)C1. The molecule has 0 aliphatic carbocycles. The highest BCUT2D eigenvalue weighted by Crippen LogP contribution is 2.22. The Morgan fingerprint density at radius 3 is 2.75 bits per heavy atom. The van der Waals surface area contributed by atoms with E-state index in [-0.39, 0.29) is 5.91 Å². The molecular formula is C17H18N6O. The Labute approximate surface area is 139 Å². The maximum atomic E-state index is 12.7. The van der Waals surface area contributed by atoms with Crippen molar-refractivity contribution in [1.29, 1.82) is 0 Å². The molecule has 0 unspecified atom stereocenters. The van der Waals surface area contributed by atoms with Gasteiger partial charge >= 0.3 is 0 Å². The first-order valence-electron chi connectivity index (χ1n) is 8.06. The van der Waals surface area contributed by atoms with Crippen molar-refractivity contribution in [3.63, 3.8) is 0 Å². The molecular weight excluding hydrogens is 304 g/mol. The average Bonchev–Trinajstić information content (AvgIpc) is 3.27. The van der Waals surface area contributed by atoms with Crippen LogP contribution in [0.15, 0.2) is 42.6 Å². The lowest BCUT2D eigenvalue weighted by Crippen LogP contribution is -2.39. The zero-order chi connectivity index (χ0) is 16.5. The fourth-order valence-corrected chi connectivity index (χ4v) is 3.06. The lowest BCUT2D eigenvalue weighted by molar-refractivity contribution is 0.0695. The molecule has 0 fully saturated rings. The number of rotatable bonds is 3. The van der Waals surface area contributed by atoms with Gasteiger partial charge in [0.1, 0.15) is 5.69 Å². The van der Waals surface area contributed by atoms with Gasteiger partial charge in [-0.2, -0.15) is 5.10 Å². The van der Waals surface area contributed by atoms with Crippen LogP contribution in [0.5, 0.6) is 0 Å². The third kappa shape index (κ3) is 2.38. The van der Waals surface area contributed by atoms with Gasteiger partial charge in [-0.3, -0.25) is 9.48 Å². The summed E-state index contributed by atoms with van der Waals surface area (Å²) in [6, 6.07) is 11.8. The molecule has 1 aliphatic rings. The van der Waals surface area contributed by atoms with Gasteiger partial charge in [-0.15, -0.1) is 10.2 Å². The molecule has 0 saturated carbocycles. The van der Waals surface area contributed by atoms with Crippen molar-refractivity contribution in [1.82, 2.24) is 29.4 Å². The van der Waals surface area contributed by atoms with Gasteiger partial charge in [0, 0.05) is 31.4 Å². The molecule has 122 valence electrons. The summed E-state index contributed by atoms with van der Waals surface area (Å²) in [5, 5.41) is 12.8. The predicted octanol–water partition coefficient (Wildman–Crippen LogP) is 1.82. The average molecular weight is 322 g/mol. The van der Waals surface area contributed by atoms with Crippen molar-refractivity contribution in [2.24, 2.45) is 0 Å². The van der Waals surface area contributed by atoms with Crippen LogP contribution in [-0.4, -0.2) is 41.9 Å². The van der Waals surface area contributed by atoms with Crippen LogP contribution in [0.4, 0.5) is 0 Å². The van der Waals surface area contributed by atoms with Crippen molar-refractivity contribution in [3.8, 4) is 11.4 Å². The zero-order valence-electron chi connectivity index (χ0n) is 13.5. The number of fused-ring (bicyclic) bond motifs is 1. The van der Waals surface area contributed by atoms with Crippen molar-refractivity contribution >= 4 is 5.91 Å². The van der Waals surface area contributed by atoms with Crippen LogP contribution >= 0.6 is 0 Å². The van der Waals surface area contributed by atoms with Crippen LogP contribution in [-0.2, 0) is 19.6 Å². The number of aromatic nitrogens is 5. The smallest absolute Gasteiger partial charge is 0.272 e. The van der Waals surface area contributed by atoms with Gasteiger partial charge in [0.2, 0.25) is 0 Å². The molecule has 0 bridgehead atoms. The summed E-state index contributed by atoms with van der Waals surface area (Å²) < 4.78 is 3.81. The quantitative estimate of drug-likeness (QED) is 0.737. The van der Waals surface area contributed by atoms with E-state index in [9.17, 15) is 4.79 Å². The monoisotopic (exact) mass is 322 g/mol. The molecule has 1 aromatic carbocycles. The van der Waals surface area contributed by atoms with E-state index in [1.165, 1.54) is 0 Å². The minimum Gasteiger partial charge on any atom is -0.328 e. The van der Waals surface area contributed by atoms with E-state index in [2.05, 4.69) is 19.9 Å². The first-order valence-corrected chi connectivity index (χ1v) is 8.06. The van der Waals surface area contributed by atoms with Gasteiger partial charge in [-0.05, 0) is 13.0 Å². The van der Waals surface area contributed by atoms with E-state index in [1.54, 1.807) is 16.9 Å². The Morgan fingerprint density at radius 1 is 1.12 bits per heavy atom. The summed E-state index contributed by atoms with van der Waals surface area (Å²) in [5.74, 6) is 1.66. The second-order valence-electron chi connectivity index (χ2n) is 5.72. The van der Waals surface area contributed by atoms with Crippen molar-refractivity contribution in [2.75, 3.05) is 6.54 Å². The van der Waals surface area contributed by atoms with E-state index >= 15 is 0 Å². The number of nitrogens with zero attached hydrogens (tertiary/aromatic N) is 6. The lowest BCUT2D eigenvalue weighted by Gasteiger charge is -2.28. The second kappa shape index (κ2) is 5.92. The lowest BCUT2D eigenvalue weighted by atomic mass is 10.2. The summed E-state index contributed by atoms with van der Waals surface area (Å²) in [6.07, 6.45) is 1.66. The standard InChI is InChI=1S/C17H18N6O/c1-2-23-14(8-9-18-23)17(24)21-10-11-22-15(12-21)19-20-16(22)13-6-4-3-5-7-13/h3-9H,2,10-12H2,1H3. The summed E-state index contributed by atoms with van der Waals surface area (Å²) in [7, 11) is 0. The number of amides is 1. The Bertz CT molecular complexity index is 866. The van der Waals surface area contributed by atoms with E-state index in [1.807, 2.05) is 42.2 Å². The highest BCUT2D eigenvalue weighted by Gasteiger charge is 2.27. The number of benzene rings is 1. The molecule has 7 nitrogen and oxygen atoms in total. The maximum Gasteiger partial charge on any atom is 0.272 e. The van der Waals surface area contributed by atoms with E-state index < -0.39 is 0 Å². The van der Waals surface area contributed by atoms with Gasteiger partial charge in [0.25, 0.3) is 5.91 Å². The van der Waals surface area contributed by atoms with Crippen molar-refractivity contribution < 1.29 is 4.79 Å². The molecule has 0 atom stereocenters. The van der Waals surface area contributed by atoms with Gasteiger partial charge in [0.05, 0.1) is 6.54 Å². The minimum absolute atomic E-state index is 0.00939. The third-order valence-electron chi connectivity index (χ3n) is 4.31. The highest BCUT2D eigenvalue weighted by molar-refractivity contribution is 5.92. The van der Waals surface area contributed by atoms with Crippen LogP contribution < -0.4 is 0 Å². The fourth-order valence-electron chi connectivity index (χ4n) is 3.06. The molecule has 0 N–H and O–H groups in total. The van der Waals surface area contributed by atoms with Gasteiger partial charge in [-0.1, -0.05) is 30.3 Å². The Morgan fingerprint density at radius 2 is 1.96 bits per heavy atom. The number of carbonyl (C=O) groups is 1. The molecule has 3 aromatic rings. The van der Waals surface area contributed by atoms with Crippen LogP contribution in [0, 0.1) is 0 Å². The van der Waals surface area contributed by atoms with Gasteiger partial charge in [0.15, 0.2) is 11.6 Å². The molecule has 4 rings (SSSR count). The molecule has 7 heteroatoms. The van der Waals surface area contributed by atoms with E-state index in [4.69, 9.17) is 0 Å². The molecule has 2 aromatic heterocycles. The summed E-state index contributed by atoms with van der Waals surface area (Å²) in [4.78, 5) is 14.5. The number of carbonyl (C=O) groups excluding carboxylic acids is 1. The minimum atomic E-state index is -0.00939. The number of aryl methyl sites for hydroxylation is 1. The molecule has 0 spiro atoms. The fraction of sp³-hybridized carbons (Fsp3) is 0.294. The Balaban J connectivity index is 1.59. The molecule has 0 saturated heterocycles. The Hall–Kier alpha value is -2.96. The summed E-state index contributed by atoms with van der Waals surface area (Å²) >= 11 is 0. The number of hydrogen-bond acceptors (Lipinski definition) is 4. The topological polar surface area (TPSA) is 68.8 Å². The maximum absolute atomic E-state index is 12.7. The van der Waals surface area contributed by atoms with E-state index in [0.29, 0.717) is 31.9 Å². The van der Waals surface area contributed by atoms with Gasteiger partial charge in [-0.25, -0.2) is 0 Å². The summed E-state index contributed by atoms with van der Waals surface area (Å²) in [5.41, 5.74) is 1.66. The normalized spacial score (nSPS) is 13.8. The molecule has 1 amide bonds. The largest absolute Gasteiger partial charge is 0.328 e. The van der Waals surface area contributed by atoms with Crippen molar-refractivity contribution in [3.05, 3.63) is 54.1 Å². The van der Waals surface area contributed by atoms with Crippen LogP contribution in [0.2, 0.25) is 0 Å². The molecule has 1 aliphatic heterocycles. The summed E-state index contributed by atoms with van der Waals surface area (Å²) in [6.45, 7) is 4.45. The first kappa shape index (κ1) is 14.6. The molecule has 24 heavy (non-hydrogen) atoms. The van der Waals surface area contributed by atoms with Crippen LogP contribution in [0.3, 0.4) is 0 Å². The number of hydrogen-bond donors (Lipinski definition) is 0. The molecule has 0 radical (unpaired) electrons. The second-order valence-corrected chi connectivity index (χ2v) is 5.72. The third-order valence-corrected chi connectivity index (χ3v) is 4.31. The van der Waals surface area contributed by atoms with Gasteiger partial charge < -0.3 is 9.47 Å². The van der Waals surface area contributed by atoms with Crippen molar-refractivity contribution in [2.45, 2.75) is 26.6 Å². The Kier molecular flexibility index (Phi) is 3.60. The molecule has 3 heterocycles. The van der Waals surface area contributed by atoms with Crippen LogP contribution in [0.25, 0.3) is 11.4 Å². The van der Waals surface area contributed by atoms with Crippen LogP contribution in [0.1, 0.15) is 23.2 Å². The zero-order valence-corrected chi connectivity index (χ0v) is 13.5. The van der Waals surface area contributed by atoms with E-state index in [0.717, 1.165) is 17.2 Å².